The minimum absolute atomic E-state index is 0.0205. The highest BCUT2D eigenvalue weighted by Gasteiger charge is 2.54. The monoisotopic (exact) mass is 555 g/mol. The first-order valence-electron chi connectivity index (χ1n) is 14.0. The van der Waals surface area contributed by atoms with Crippen LogP contribution in [0.3, 0.4) is 0 Å². The van der Waals surface area contributed by atoms with Crippen LogP contribution in [0.1, 0.15) is 24.0 Å². The molecule has 2 aliphatic heterocycles. The zero-order chi connectivity index (χ0) is 28.8. The Morgan fingerprint density at radius 1 is 0.927 bits per heavy atom. The van der Waals surface area contributed by atoms with Gasteiger partial charge in [0, 0.05) is 31.0 Å². The van der Waals surface area contributed by atoms with Crippen LogP contribution in [0.2, 0.25) is 0 Å². The van der Waals surface area contributed by atoms with Gasteiger partial charge in [-0.15, -0.1) is 0 Å². The van der Waals surface area contributed by atoms with E-state index in [0.717, 1.165) is 28.3 Å². The highest BCUT2D eigenvalue weighted by atomic mass is 16.5. The van der Waals surface area contributed by atoms with Crippen molar-refractivity contribution in [3.05, 3.63) is 90.0 Å². The van der Waals surface area contributed by atoms with E-state index < -0.39 is 5.54 Å². The van der Waals surface area contributed by atoms with Gasteiger partial charge in [0.2, 0.25) is 5.91 Å². The second kappa shape index (κ2) is 12.3. The maximum Gasteiger partial charge on any atom is 0.321 e. The summed E-state index contributed by atoms with van der Waals surface area (Å²) in [6, 6.07) is 25.1. The summed E-state index contributed by atoms with van der Waals surface area (Å²) < 4.78 is 5.40. The Balaban J connectivity index is 1.24. The van der Waals surface area contributed by atoms with Crippen molar-refractivity contribution in [3.63, 3.8) is 0 Å². The third-order valence-corrected chi connectivity index (χ3v) is 8.09. The molecule has 9 heteroatoms. The van der Waals surface area contributed by atoms with Crippen LogP contribution in [0.15, 0.2) is 78.9 Å². The molecule has 5 rings (SSSR count). The second-order valence-corrected chi connectivity index (χ2v) is 10.6. The fourth-order valence-electron chi connectivity index (χ4n) is 5.78. The molecule has 2 saturated heterocycles. The minimum Gasteiger partial charge on any atom is -0.496 e. The Kier molecular flexibility index (Phi) is 8.42. The molecule has 2 aliphatic rings. The molecule has 1 spiro atoms. The lowest BCUT2D eigenvalue weighted by molar-refractivity contribution is -0.137. The number of hydrogen-bond donors (Lipinski definition) is 2. The molecule has 2 heterocycles. The van der Waals surface area contributed by atoms with E-state index in [0.29, 0.717) is 45.6 Å². The van der Waals surface area contributed by atoms with Gasteiger partial charge < -0.3 is 30.1 Å². The number of hydrogen-bond acceptors (Lipinski definition) is 5. The molecule has 2 fully saturated rings. The quantitative estimate of drug-likeness (QED) is 0.438. The highest BCUT2D eigenvalue weighted by Crippen LogP contribution is 2.39. The van der Waals surface area contributed by atoms with Gasteiger partial charge in [0.15, 0.2) is 0 Å². The molecule has 214 valence electrons. The predicted octanol–water partition coefficient (Wildman–Crippen LogP) is 4.04. The number of carbonyl (C=O) groups is 3. The van der Waals surface area contributed by atoms with E-state index in [1.165, 1.54) is 0 Å². The number of nitrogens with one attached hydrogen (secondary N) is 2. The number of ether oxygens (including phenoxy) is 1. The molecule has 0 aliphatic carbocycles. The van der Waals surface area contributed by atoms with Crippen LogP contribution < -0.4 is 20.3 Å². The fourth-order valence-corrected chi connectivity index (χ4v) is 5.78. The lowest BCUT2D eigenvalue weighted by Gasteiger charge is -2.43. The standard InChI is InChI=1S/C32H37N5O4/c1-24-10-6-8-14-27(24)34-31(40)35-20-17-32(18-21-35)30(39)36(23-37(32)26-12-4-3-5-13-26)22-29(38)33-19-16-25-11-7-9-15-28(25)41-2/h3-15H,16-23H2,1-2H3,(H,33,38)(H,34,40). The molecule has 3 aromatic rings. The Hall–Kier alpha value is -4.53. The van der Waals surface area contributed by atoms with Gasteiger partial charge in [0.1, 0.15) is 17.8 Å². The molecule has 4 amide bonds. The number of carbonyl (C=O) groups excluding carboxylic acids is 3. The zero-order valence-corrected chi connectivity index (χ0v) is 23.6. The topological polar surface area (TPSA) is 94.2 Å². The van der Waals surface area contributed by atoms with Crippen molar-refractivity contribution in [1.29, 1.82) is 0 Å². The lowest BCUT2D eigenvalue weighted by Crippen LogP contribution is -2.58. The maximum absolute atomic E-state index is 14.0. The van der Waals surface area contributed by atoms with Gasteiger partial charge in [-0.05, 0) is 61.6 Å². The number of anilines is 2. The minimum atomic E-state index is -0.807. The summed E-state index contributed by atoms with van der Waals surface area (Å²) >= 11 is 0. The molecule has 41 heavy (non-hydrogen) atoms. The average molecular weight is 556 g/mol. The van der Waals surface area contributed by atoms with Crippen molar-refractivity contribution in [2.45, 2.75) is 31.7 Å². The van der Waals surface area contributed by atoms with Crippen molar-refractivity contribution in [3.8, 4) is 5.75 Å². The number of nitrogens with zero attached hydrogens (tertiary/aromatic N) is 3. The summed E-state index contributed by atoms with van der Waals surface area (Å²) in [4.78, 5) is 45.4. The van der Waals surface area contributed by atoms with Gasteiger partial charge in [-0.2, -0.15) is 0 Å². The first-order valence-corrected chi connectivity index (χ1v) is 14.0. The van der Waals surface area contributed by atoms with Crippen molar-refractivity contribution in [2.75, 3.05) is 50.2 Å². The van der Waals surface area contributed by atoms with E-state index >= 15 is 0 Å². The van der Waals surface area contributed by atoms with Crippen LogP contribution in [0.4, 0.5) is 16.2 Å². The van der Waals surface area contributed by atoms with Gasteiger partial charge in [0.25, 0.3) is 5.91 Å². The molecule has 0 radical (unpaired) electrons. The van der Waals surface area contributed by atoms with Crippen LogP contribution in [-0.2, 0) is 16.0 Å². The van der Waals surface area contributed by atoms with E-state index in [1.807, 2.05) is 85.8 Å². The molecule has 0 aromatic heterocycles. The third kappa shape index (κ3) is 5.99. The number of urea groups is 1. The number of likely N-dealkylation sites (tertiary alicyclic amines) is 1. The number of aryl methyl sites for hydroxylation is 1. The van der Waals surface area contributed by atoms with Crippen LogP contribution in [-0.4, -0.2) is 73.1 Å². The van der Waals surface area contributed by atoms with E-state index in [1.54, 1.807) is 16.9 Å². The summed E-state index contributed by atoms with van der Waals surface area (Å²) in [5, 5.41) is 5.96. The van der Waals surface area contributed by atoms with Crippen LogP contribution in [0, 0.1) is 6.92 Å². The Bertz CT molecular complexity index is 1390. The van der Waals surface area contributed by atoms with E-state index in [9.17, 15) is 14.4 Å². The number of para-hydroxylation sites is 3. The smallest absolute Gasteiger partial charge is 0.321 e. The normalized spacial score (nSPS) is 16.1. The van der Waals surface area contributed by atoms with Gasteiger partial charge in [0.05, 0.1) is 13.8 Å². The van der Waals surface area contributed by atoms with Crippen LogP contribution in [0.5, 0.6) is 5.75 Å². The van der Waals surface area contributed by atoms with Gasteiger partial charge in [-0.1, -0.05) is 54.6 Å². The van der Waals surface area contributed by atoms with Gasteiger partial charge in [-0.25, -0.2) is 4.79 Å². The summed E-state index contributed by atoms with van der Waals surface area (Å²) in [6.07, 6.45) is 1.59. The van der Waals surface area contributed by atoms with E-state index in [4.69, 9.17) is 4.74 Å². The number of benzene rings is 3. The lowest BCUT2D eigenvalue weighted by atomic mass is 9.85. The summed E-state index contributed by atoms with van der Waals surface area (Å²) in [5.41, 5.74) is 2.91. The van der Waals surface area contributed by atoms with E-state index in [2.05, 4.69) is 15.5 Å². The molecule has 0 bridgehead atoms. The number of rotatable bonds is 8. The Morgan fingerprint density at radius 2 is 1.61 bits per heavy atom. The molecule has 0 atom stereocenters. The van der Waals surface area contributed by atoms with Gasteiger partial charge >= 0.3 is 6.03 Å². The van der Waals surface area contributed by atoms with Crippen molar-refractivity contribution in [2.24, 2.45) is 0 Å². The summed E-state index contributed by atoms with van der Waals surface area (Å²) in [6.45, 7) is 3.57. The van der Waals surface area contributed by atoms with Crippen LogP contribution >= 0.6 is 0 Å². The second-order valence-electron chi connectivity index (χ2n) is 10.6. The predicted molar refractivity (Wildman–Crippen MR) is 159 cm³/mol. The Morgan fingerprint density at radius 3 is 2.34 bits per heavy atom. The third-order valence-electron chi connectivity index (χ3n) is 8.09. The summed E-state index contributed by atoms with van der Waals surface area (Å²) in [5.74, 6) is 0.518. The first-order chi connectivity index (χ1) is 19.9. The molecular formula is C32H37N5O4. The Labute approximate surface area is 241 Å². The fraction of sp³-hybridized carbons (Fsp3) is 0.344. The van der Waals surface area contributed by atoms with Crippen molar-refractivity contribution < 1.29 is 19.1 Å². The van der Waals surface area contributed by atoms with Crippen molar-refractivity contribution in [1.82, 2.24) is 15.1 Å². The molecular weight excluding hydrogens is 518 g/mol. The molecule has 2 N–H and O–H groups in total. The average Bonchev–Trinajstić information content (AvgIpc) is 3.25. The maximum atomic E-state index is 14.0. The van der Waals surface area contributed by atoms with E-state index in [-0.39, 0.29) is 24.4 Å². The van der Waals surface area contributed by atoms with Gasteiger partial charge in [-0.3, -0.25) is 9.59 Å². The highest BCUT2D eigenvalue weighted by molar-refractivity contribution is 5.97. The SMILES string of the molecule is COc1ccccc1CCNC(=O)CN1CN(c2ccccc2)C2(CCN(C(=O)Nc3ccccc3C)CC2)C1=O. The summed E-state index contributed by atoms with van der Waals surface area (Å²) in [7, 11) is 1.63. The molecule has 9 nitrogen and oxygen atoms in total. The number of amides is 4. The zero-order valence-electron chi connectivity index (χ0n) is 23.6. The molecule has 3 aromatic carbocycles. The largest absolute Gasteiger partial charge is 0.496 e. The van der Waals surface area contributed by atoms with Crippen LogP contribution in [0.25, 0.3) is 0 Å². The first kappa shape index (κ1) is 28.0. The number of piperidine rings is 1. The van der Waals surface area contributed by atoms with Crippen molar-refractivity contribution >= 4 is 29.2 Å². The number of methoxy groups -OCH3 is 1. The molecule has 0 unspecified atom stereocenters. The molecule has 0 saturated carbocycles.